The van der Waals surface area contributed by atoms with Crippen LogP contribution in [0.4, 0.5) is 4.79 Å². The fourth-order valence-electron chi connectivity index (χ4n) is 3.48. The summed E-state index contributed by atoms with van der Waals surface area (Å²) in [6.45, 7) is 4.77. The summed E-state index contributed by atoms with van der Waals surface area (Å²) in [5.41, 5.74) is 0.947. The van der Waals surface area contributed by atoms with Gasteiger partial charge in [-0.2, -0.15) is 0 Å². The molecule has 3 rings (SSSR count). The summed E-state index contributed by atoms with van der Waals surface area (Å²) < 4.78 is 16.0. The minimum atomic E-state index is -0.216. The predicted molar refractivity (Wildman–Crippen MR) is 128 cm³/mol. The van der Waals surface area contributed by atoms with Crippen molar-refractivity contribution in [3.63, 3.8) is 0 Å². The largest absolute Gasteiger partial charge is 0.454 e. The second-order valence-corrected chi connectivity index (χ2v) is 8.90. The van der Waals surface area contributed by atoms with E-state index in [0.29, 0.717) is 50.7 Å². The minimum Gasteiger partial charge on any atom is -0.454 e. The molecule has 0 unspecified atom stereocenters. The molecule has 1 aliphatic rings. The van der Waals surface area contributed by atoms with Crippen molar-refractivity contribution in [2.75, 3.05) is 40.1 Å². The zero-order valence-electron chi connectivity index (χ0n) is 19.4. The van der Waals surface area contributed by atoms with Gasteiger partial charge < -0.3 is 29.3 Å². The Morgan fingerprint density at radius 2 is 1.97 bits per heavy atom. The lowest BCUT2D eigenvalue weighted by Gasteiger charge is -2.28. The summed E-state index contributed by atoms with van der Waals surface area (Å²) in [5, 5.41) is 4.92. The van der Waals surface area contributed by atoms with Crippen molar-refractivity contribution in [3.8, 4) is 11.5 Å². The van der Waals surface area contributed by atoms with Crippen molar-refractivity contribution in [1.82, 2.24) is 15.1 Å². The summed E-state index contributed by atoms with van der Waals surface area (Å²) in [5.74, 6) is 1.29. The Labute approximate surface area is 199 Å². The number of urea groups is 1. The smallest absolute Gasteiger partial charge is 0.317 e. The van der Waals surface area contributed by atoms with Gasteiger partial charge in [0.15, 0.2) is 11.5 Å². The van der Waals surface area contributed by atoms with Gasteiger partial charge >= 0.3 is 6.03 Å². The molecule has 1 aliphatic heterocycles. The van der Waals surface area contributed by atoms with E-state index >= 15 is 0 Å². The van der Waals surface area contributed by atoms with Crippen molar-refractivity contribution in [3.05, 3.63) is 46.2 Å². The summed E-state index contributed by atoms with van der Waals surface area (Å²) in [7, 11) is 1.63. The molecule has 1 N–H and O–H groups in total. The molecule has 180 valence electrons. The highest BCUT2D eigenvalue weighted by atomic mass is 32.1. The molecular formula is C24H33N3O5S. The zero-order chi connectivity index (χ0) is 23.5. The number of nitrogens with one attached hydrogen (secondary N) is 1. The van der Waals surface area contributed by atoms with Crippen LogP contribution in [0.2, 0.25) is 0 Å². The summed E-state index contributed by atoms with van der Waals surface area (Å²) in [6, 6.07) is 9.48. The first-order chi connectivity index (χ1) is 16.1. The first kappa shape index (κ1) is 24.9. The van der Waals surface area contributed by atoms with Gasteiger partial charge in [0.25, 0.3) is 0 Å². The van der Waals surface area contributed by atoms with Crippen molar-refractivity contribution in [2.45, 2.75) is 39.3 Å². The third kappa shape index (κ3) is 7.64. The van der Waals surface area contributed by atoms with Gasteiger partial charge in [-0.05, 0) is 42.0 Å². The molecule has 0 saturated heterocycles. The highest BCUT2D eigenvalue weighted by Gasteiger charge is 2.23. The van der Waals surface area contributed by atoms with Crippen LogP contribution >= 0.6 is 11.3 Å². The maximum Gasteiger partial charge on any atom is 0.317 e. The van der Waals surface area contributed by atoms with Gasteiger partial charge in [0.2, 0.25) is 12.7 Å². The lowest BCUT2D eigenvalue weighted by atomic mass is 10.2. The Balaban J connectivity index is 1.71. The number of nitrogens with zero attached hydrogens (tertiary/aromatic N) is 2. The topological polar surface area (TPSA) is 80.3 Å². The molecule has 1 aromatic heterocycles. The number of unbranched alkanes of at least 4 members (excludes halogenated alkanes) is 1. The Morgan fingerprint density at radius 1 is 1.12 bits per heavy atom. The third-order valence-electron chi connectivity index (χ3n) is 5.29. The molecule has 1 aromatic carbocycles. The molecule has 2 aromatic rings. The first-order valence-electron chi connectivity index (χ1n) is 11.3. The van der Waals surface area contributed by atoms with Crippen molar-refractivity contribution in [1.29, 1.82) is 0 Å². The molecule has 2 heterocycles. The van der Waals surface area contributed by atoms with Crippen LogP contribution in [0.1, 0.15) is 36.6 Å². The number of methoxy groups -OCH3 is 1. The number of hydrogen-bond acceptors (Lipinski definition) is 6. The number of ether oxygens (including phenoxy) is 3. The summed E-state index contributed by atoms with van der Waals surface area (Å²) in [4.78, 5) is 30.6. The van der Waals surface area contributed by atoms with Gasteiger partial charge in [-0.15, -0.1) is 11.3 Å². The number of carbonyl (C=O) groups is 2. The highest BCUT2D eigenvalue weighted by Crippen LogP contribution is 2.33. The van der Waals surface area contributed by atoms with Crippen LogP contribution in [-0.4, -0.2) is 61.9 Å². The number of amides is 3. The lowest BCUT2D eigenvalue weighted by Crippen LogP contribution is -2.47. The number of thiophene rings is 1. The van der Waals surface area contributed by atoms with Crippen molar-refractivity contribution >= 4 is 23.3 Å². The molecule has 8 nitrogen and oxygen atoms in total. The number of carbonyl (C=O) groups excluding carboxylic acids is 2. The predicted octanol–water partition coefficient (Wildman–Crippen LogP) is 3.85. The number of hydrogen-bond donors (Lipinski definition) is 1. The number of rotatable bonds is 13. The molecule has 0 spiro atoms. The van der Waals surface area contributed by atoms with Crippen LogP contribution in [-0.2, 0) is 22.6 Å². The Kier molecular flexibility index (Phi) is 9.83. The Hall–Kier alpha value is -2.78. The van der Waals surface area contributed by atoms with E-state index in [9.17, 15) is 9.59 Å². The molecule has 0 aliphatic carbocycles. The lowest BCUT2D eigenvalue weighted by molar-refractivity contribution is -0.133. The second kappa shape index (κ2) is 13.1. The van der Waals surface area contributed by atoms with E-state index < -0.39 is 0 Å². The van der Waals surface area contributed by atoms with E-state index in [4.69, 9.17) is 14.2 Å². The monoisotopic (exact) mass is 475 g/mol. The first-order valence-corrected chi connectivity index (χ1v) is 12.2. The van der Waals surface area contributed by atoms with Crippen LogP contribution in [0.25, 0.3) is 0 Å². The average Bonchev–Trinajstić information content (AvgIpc) is 3.49. The van der Waals surface area contributed by atoms with E-state index in [-0.39, 0.29) is 25.3 Å². The van der Waals surface area contributed by atoms with Gasteiger partial charge in [0.05, 0.1) is 6.54 Å². The highest BCUT2D eigenvalue weighted by molar-refractivity contribution is 7.09. The quantitative estimate of drug-likeness (QED) is 0.445. The average molecular weight is 476 g/mol. The Bertz CT molecular complexity index is 890. The van der Waals surface area contributed by atoms with Crippen LogP contribution in [0.5, 0.6) is 11.5 Å². The number of fused-ring (bicyclic) bond motifs is 1. The van der Waals surface area contributed by atoms with Crippen LogP contribution in [0.15, 0.2) is 35.7 Å². The van der Waals surface area contributed by atoms with Crippen LogP contribution in [0, 0.1) is 0 Å². The molecule has 0 fully saturated rings. The Morgan fingerprint density at radius 3 is 2.73 bits per heavy atom. The molecule has 0 atom stereocenters. The number of benzene rings is 1. The van der Waals surface area contributed by atoms with Gasteiger partial charge in [-0.25, -0.2) is 4.79 Å². The van der Waals surface area contributed by atoms with Crippen LogP contribution < -0.4 is 14.8 Å². The standard InChI is InChI=1S/C24H33N3O5S/c1-3-4-10-25-24(29)26(11-6-12-30-2)17-23(28)27(16-20-7-5-13-33-20)15-19-8-9-21-22(14-19)32-18-31-21/h5,7-9,13-14H,3-4,6,10-12,15-18H2,1-2H3,(H,25,29). The zero-order valence-corrected chi connectivity index (χ0v) is 20.2. The van der Waals surface area contributed by atoms with E-state index in [1.807, 2.05) is 35.7 Å². The van der Waals surface area contributed by atoms with Crippen molar-refractivity contribution in [2.24, 2.45) is 0 Å². The third-order valence-corrected chi connectivity index (χ3v) is 6.15. The SMILES string of the molecule is CCCCNC(=O)N(CCCOC)CC(=O)N(Cc1ccc2c(c1)OCO2)Cc1cccs1. The second-order valence-electron chi connectivity index (χ2n) is 7.87. The van der Waals surface area contributed by atoms with E-state index in [1.54, 1.807) is 28.2 Å². The summed E-state index contributed by atoms with van der Waals surface area (Å²) >= 11 is 1.61. The van der Waals surface area contributed by atoms with Crippen molar-refractivity contribution < 1.29 is 23.8 Å². The van der Waals surface area contributed by atoms with Gasteiger partial charge in [0, 0.05) is 38.2 Å². The molecule has 3 amide bonds. The normalized spacial score (nSPS) is 11.9. The molecular weight excluding hydrogens is 442 g/mol. The van der Waals surface area contributed by atoms with E-state index in [0.717, 1.165) is 23.3 Å². The van der Waals surface area contributed by atoms with E-state index in [2.05, 4.69) is 12.2 Å². The molecule has 0 saturated carbocycles. The maximum atomic E-state index is 13.4. The van der Waals surface area contributed by atoms with Gasteiger partial charge in [-0.1, -0.05) is 25.5 Å². The fraction of sp³-hybridized carbons (Fsp3) is 0.500. The van der Waals surface area contributed by atoms with Gasteiger partial charge in [-0.3, -0.25) is 4.79 Å². The molecule has 33 heavy (non-hydrogen) atoms. The minimum absolute atomic E-state index is 0.0115. The fourth-order valence-corrected chi connectivity index (χ4v) is 4.20. The summed E-state index contributed by atoms with van der Waals surface area (Å²) in [6.07, 6.45) is 2.56. The van der Waals surface area contributed by atoms with E-state index in [1.165, 1.54) is 0 Å². The molecule has 0 bridgehead atoms. The molecule has 9 heteroatoms. The maximum absolute atomic E-state index is 13.4. The van der Waals surface area contributed by atoms with Gasteiger partial charge in [0.1, 0.15) is 6.54 Å². The van der Waals surface area contributed by atoms with Crippen LogP contribution in [0.3, 0.4) is 0 Å². The molecule has 0 radical (unpaired) electrons.